The minimum atomic E-state index is -4.31. The van der Waals surface area contributed by atoms with Crippen LogP contribution in [0.4, 0.5) is 13.2 Å². The van der Waals surface area contributed by atoms with Crippen molar-refractivity contribution in [1.29, 1.82) is 0 Å². The quantitative estimate of drug-likeness (QED) is 0.660. The van der Waals surface area contributed by atoms with Crippen LogP contribution < -0.4 is 0 Å². The molecule has 0 radical (unpaired) electrons. The van der Waals surface area contributed by atoms with Gasteiger partial charge in [0.2, 0.25) is 0 Å². The van der Waals surface area contributed by atoms with E-state index in [0.29, 0.717) is 0 Å². The predicted octanol–water partition coefficient (Wildman–Crippen LogP) is 3.39. The maximum absolute atomic E-state index is 12.5. The molecule has 13 heavy (non-hydrogen) atoms. The summed E-state index contributed by atoms with van der Waals surface area (Å²) < 4.78 is 42.1. The first-order chi connectivity index (χ1) is 5.52. The van der Waals surface area contributed by atoms with Gasteiger partial charge in [-0.15, -0.1) is 0 Å². The molecule has 0 amide bonds. The number of hydrogen-bond donors (Lipinski definition) is 0. The molecule has 0 aliphatic heterocycles. The molecular weight excluding hydrogens is 181 g/mol. The van der Waals surface area contributed by atoms with Crippen LogP contribution in [0.2, 0.25) is 0 Å². The Morgan fingerprint density at radius 2 is 1.38 bits per heavy atom. The summed E-state index contributed by atoms with van der Waals surface area (Å²) >= 11 is 0. The van der Waals surface area contributed by atoms with Crippen LogP contribution >= 0.6 is 0 Å². The van der Waals surface area contributed by atoms with Crippen LogP contribution in [0.25, 0.3) is 0 Å². The van der Waals surface area contributed by atoms with Gasteiger partial charge in [0.1, 0.15) is 0 Å². The third-order valence-electron chi connectivity index (χ3n) is 1.92. The average molecular weight is 198 g/mol. The molecule has 0 fully saturated rings. The first-order valence-corrected chi connectivity index (χ1v) is 4.14. The fourth-order valence-electron chi connectivity index (χ4n) is 1.30. The van der Waals surface area contributed by atoms with Gasteiger partial charge in [-0.05, 0) is 18.8 Å². The summed E-state index contributed by atoms with van der Waals surface area (Å²) in [6, 6.07) is 0. The molecule has 1 nitrogen and oxygen atoms in total. The number of rotatable bonds is 2. The maximum atomic E-state index is 12.5. The SMILES string of the molecule is COC(C)(CC(C)(C)C)C(F)(F)F. The van der Waals surface area contributed by atoms with Gasteiger partial charge in [-0.1, -0.05) is 20.8 Å². The molecule has 0 aromatic rings. The van der Waals surface area contributed by atoms with Crippen LogP contribution in [-0.4, -0.2) is 18.9 Å². The third kappa shape index (κ3) is 3.55. The molecule has 0 aliphatic carbocycles. The van der Waals surface area contributed by atoms with Crippen LogP contribution in [0.5, 0.6) is 0 Å². The molecule has 0 rings (SSSR count). The Kier molecular flexibility index (Phi) is 3.41. The third-order valence-corrected chi connectivity index (χ3v) is 1.92. The van der Waals surface area contributed by atoms with E-state index in [0.717, 1.165) is 14.0 Å². The Morgan fingerprint density at radius 1 is 1.00 bits per heavy atom. The standard InChI is InChI=1S/C9H17F3O/c1-7(2,3)6-8(4,13-5)9(10,11)12/h6H2,1-5H3. The Labute approximate surface area is 77.3 Å². The summed E-state index contributed by atoms with van der Waals surface area (Å²) in [5.41, 5.74) is -2.44. The van der Waals surface area contributed by atoms with Gasteiger partial charge in [0.15, 0.2) is 5.60 Å². The van der Waals surface area contributed by atoms with Crippen LogP contribution in [0.15, 0.2) is 0 Å². The highest BCUT2D eigenvalue weighted by Gasteiger charge is 2.53. The van der Waals surface area contributed by atoms with Crippen LogP contribution in [0, 0.1) is 5.41 Å². The Hall–Kier alpha value is -0.250. The zero-order chi connectivity index (χ0) is 10.9. The van der Waals surface area contributed by atoms with E-state index in [1.54, 1.807) is 20.8 Å². The highest BCUT2D eigenvalue weighted by molar-refractivity contribution is 4.87. The summed E-state index contributed by atoms with van der Waals surface area (Å²) in [4.78, 5) is 0. The lowest BCUT2D eigenvalue weighted by molar-refractivity contribution is -0.271. The average Bonchev–Trinajstić information content (AvgIpc) is 1.81. The lowest BCUT2D eigenvalue weighted by Gasteiger charge is -2.35. The Balaban J connectivity index is 4.67. The number of halogens is 3. The van der Waals surface area contributed by atoms with Crippen molar-refractivity contribution in [2.75, 3.05) is 7.11 Å². The van der Waals surface area contributed by atoms with Gasteiger partial charge in [0.25, 0.3) is 0 Å². The van der Waals surface area contributed by atoms with Crippen molar-refractivity contribution in [1.82, 2.24) is 0 Å². The second-order valence-electron chi connectivity index (χ2n) is 4.67. The molecule has 1 atom stereocenters. The predicted molar refractivity (Wildman–Crippen MR) is 45.5 cm³/mol. The van der Waals surface area contributed by atoms with Crippen molar-refractivity contribution < 1.29 is 17.9 Å². The van der Waals surface area contributed by atoms with Crippen LogP contribution in [0.3, 0.4) is 0 Å². The zero-order valence-electron chi connectivity index (χ0n) is 8.75. The first-order valence-electron chi connectivity index (χ1n) is 4.14. The first kappa shape index (κ1) is 12.8. The largest absolute Gasteiger partial charge is 0.417 e. The zero-order valence-corrected chi connectivity index (χ0v) is 8.75. The number of alkyl halides is 3. The molecule has 80 valence electrons. The van der Waals surface area contributed by atoms with Crippen molar-refractivity contribution in [3.8, 4) is 0 Å². The van der Waals surface area contributed by atoms with E-state index >= 15 is 0 Å². The van der Waals surface area contributed by atoms with E-state index in [2.05, 4.69) is 4.74 Å². The molecule has 1 unspecified atom stereocenters. The highest BCUT2D eigenvalue weighted by Crippen LogP contribution is 2.41. The van der Waals surface area contributed by atoms with Gasteiger partial charge in [-0.25, -0.2) is 0 Å². The molecule has 0 aromatic heterocycles. The normalized spacial score (nSPS) is 18.5. The molecule has 0 spiro atoms. The number of ether oxygens (including phenoxy) is 1. The van der Waals surface area contributed by atoms with Gasteiger partial charge in [-0.3, -0.25) is 0 Å². The fraction of sp³-hybridized carbons (Fsp3) is 1.00. The van der Waals surface area contributed by atoms with E-state index in [1.807, 2.05) is 0 Å². The topological polar surface area (TPSA) is 9.23 Å². The Morgan fingerprint density at radius 3 is 1.46 bits per heavy atom. The highest BCUT2D eigenvalue weighted by atomic mass is 19.4. The van der Waals surface area contributed by atoms with E-state index < -0.39 is 17.2 Å². The van der Waals surface area contributed by atoms with Gasteiger partial charge >= 0.3 is 6.18 Å². The molecule has 0 aromatic carbocycles. The Bertz CT molecular complexity index is 169. The minimum Gasteiger partial charge on any atom is -0.369 e. The van der Waals surface area contributed by atoms with Crippen molar-refractivity contribution in [3.63, 3.8) is 0 Å². The molecule has 0 saturated heterocycles. The fourth-order valence-corrected chi connectivity index (χ4v) is 1.30. The van der Waals surface area contributed by atoms with Gasteiger partial charge in [-0.2, -0.15) is 13.2 Å². The molecular formula is C9H17F3O. The van der Waals surface area contributed by atoms with E-state index in [9.17, 15) is 13.2 Å². The van der Waals surface area contributed by atoms with E-state index in [4.69, 9.17) is 0 Å². The lowest BCUT2D eigenvalue weighted by atomic mass is 9.82. The van der Waals surface area contributed by atoms with Crippen LogP contribution in [-0.2, 0) is 4.74 Å². The summed E-state index contributed by atoms with van der Waals surface area (Å²) in [5, 5.41) is 0. The summed E-state index contributed by atoms with van der Waals surface area (Å²) in [5.74, 6) is 0. The van der Waals surface area contributed by atoms with Gasteiger partial charge in [0, 0.05) is 7.11 Å². The smallest absolute Gasteiger partial charge is 0.369 e. The van der Waals surface area contributed by atoms with Gasteiger partial charge < -0.3 is 4.74 Å². The molecule has 0 heterocycles. The molecule has 0 N–H and O–H groups in total. The molecule has 0 bridgehead atoms. The molecule has 4 heteroatoms. The van der Waals surface area contributed by atoms with E-state index in [1.165, 1.54) is 0 Å². The van der Waals surface area contributed by atoms with Crippen molar-refractivity contribution in [3.05, 3.63) is 0 Å². The summed E-state index contributed by atoms with van der Waals surface area (Å²) in [7, 11) is 1.10. The van der Waals surface area contributed by atoms with Crippen molar-refractivity contribution in [2.45, 2.75) is 45.9 Å². The molecule has 0 saturated carbocycles. The van der Waals surface area contributed by atoms with Crippen LogP contribution in [0.1, 0.15) is 34.1 Å². The van der Waals surface area contributed by atoms with Crippen molar-refractivity contribution in [2.24, 2.45) is 5.41 Å². The lowest BCUT2D eigenvalue weighted by Crippen LogP contribution is -2.46. The number of methoxy groups -OCH3 is 1. The second-order valence-corrected chi connectivity index (χ2v) is 4.67. The summed E-state index contributed by atoms with van der Waals surface area (Å²) in [6.07, 6.45) is -4.35. The van der Waals surface area contributed by atoms with E-state index in [-0.39, 0.29) is 6.42 Å². The number of hydrogen-bond acceptors (Lipinski definition) is 1. The minimum absolute atomic E-state index is 0.0417. The maximum Gasteiger partial charge on any atom is 0.417 e. The van der Waals surface area contributed by atoms with Gasteiger partial charge in [0.05, 0.1) is 0 Å². The van der Waals surface area contributed by atoms with Crippen molar-refractivity contribution >= 4 is 0 Å². The summed E-state index contributed by atoms with van der Waals surface area (Å²) in [6.45, 7) is 6.36. The molecule has 0 aliphatic rings. The monoisotopic (exact) mass is 198 g/mol. The second kappa shape index (κ2) is 3.48.